The van der Waals surface area contributed by atoms with Gasteiger partial charge in [0.05, 0.1) is 6.54 Å². The first-order valence-electron chi connectivity index (χ1n) is 8.12. The Balaban J connectivity index is 2.60. The lowest BCUT2D eigenvalue weighted by atomic mass is 10.2. The largest absolute Gasteiger partial charge is 0.357 e. The summed E-state index contributed by atoms with van der Waals surface area (Å²) in [4.78, 5) is 16.2. The molecule has 0 saturated carbocycles. The van der Waals surface area contributed by atoms with Gasteiger partial charge in [-0.2, -0.15) is 0 Å². The molecule has 0 aliphatic carbocycles. The smallest absolute Gasteiger partial charge is 0.319 e. The number of guanidine groups is 1. The Bertz CT molecular complexity index is 508. The fraction of sp³-hybridized carbons (Fsp3) is 0.529. The first-order chi connectivity index (χ1) is 10.9. The standard InChI is InChI=1S/C17H29N5O/c1-6-18-16(20-12(2)3)19-11-14-7-9-15(10-8-14)22-17(23)21-13(4)5/h7-10,12-13H,6,11H2,1-5H3,(H2,18,19,20)(H2,21,22,23). The third-order valence-corrected chi connectivity index (χ3v) is 2.82. The van der Waals surface area contributed by atoms with Crippen molar-refractivity contribution in [2.24, 2.45) is 4.99 Å². The molecule has 0 saturated heterocycles. The second-order valence-corrected chi connectivity index (χ2v) is 5.94. The number of rotatable bonds is 6. The molecule has 6 heteroatoms. The van der Waals surface area contributed by atoms with Crippen LogP contribution >= 0.6 is 0 Å². The van der Waals surface area contributed by atoms with Crippen LogP contribution in [0.2, 0.25) is 0 Å². The Morgan fingerprint density at radius 1 is 1.04 bits per heavy atom. The highest BCUT2D eigenvalue weighted by molar-refractivity contribution is 5.89. The topological polar surface area (TPSA) is 77.5 Å². The molecule has 0 spiro atoms. The maximum absolute atomic E-state index is 11.6. The lowest BCUT2D eigenvalue weighted by molar-refractivity contribution is 0.250. The maximum Gasteiger partial charge on any atom is 0.319 e. The molecule has 1 aromatic rings. The van der Waals surface area contributed by atoms with Crippen LogP contribution < -0.4 is 21.3 Å². The molecular formula is C17H29N5O. The van der Waals surface area contributed by atoms with Gasteiger partial charge in [0, 0.05) is 24.3 Å². The number of aliphatic imine (C=N–C) groups is 1. The molecule has 1 rings (SSSR count). The van der Waals surface area contributed by atoms with E-state index in [0.29, 0.717) is 12.6 Å². The Morgan fingerprint density at radius 3 is 2.17 bits per heavy atom. The molecule has 0 bridgehead atoms. The third-order valence-electron chi connectivity index (χ3n) is 2.82. The Labute approximate surface area is 139 Å². The lowest BCUT2D eigenvalue weighted by Gasteiger charge is -2.14. The summed E-state index contributed by atoms with van der Waals surface area (Å²) >= 11 is 0. The highest BCUT2D eigenvalue weighted by atomic mass is 16.2. The summed E-state index contributed by atoms with van der Waals surface area (Å²) < 4.78 is 0. The van der Waals surface area contributed by atoms with Crippen molar-refractivity contribution in [1.82, 2.24) is 16.0 Å². The van der Waals surface area contributed by atoms with Crippen LogP contribution in [0.5, 0.6) is 0 Å². The molecule has 0 atom stereocenters. The molecule has 1 aromatic carbocycles. The van der Waals surface area contributed by atoms with Crippen LogP contribution in [-0.4, -0.2) is 30.6 Å². The summed E-state index contributed by atoms with van der Waals surface area (Å²) in [6, 6.07) is 7.95. The van der Waals surface area contributed by atoms with Crippen molar-refractivity contribution in [3.8, 4) is 0 Å². The van der Waals surface area contributed by atoms with Crippen LogP contribution in [0.15, 0.2) is 29.3 Å². The number of nitrogens with one attached hydrogen (secondary N) is 4. The Morgan fingerprint density at radius 2 is 1.65 bits per heavy atom. The first kappa shape index (κ1) is 18.8. The highest BCUT2D eigenvalue weighted by Crippen LogP contribution is 2.10. The molecule has 0 radical (unpaired) electrons. The summed E-state index contributed by atoms with van der Waals surface area (Å²) in [6.45, 7) is 11.5. The van der Waals surface area contributed by atoms with E-state index in [1.165, 1.54) is 0 Å². The summed E-state index contributed by atoms with van der Waals surface area (Å²) in [5.74, 6) is 0.806. The molecule has 23 heavy (non-hydrogen) atoms. The van der Waals surface area contributed by atoms with Crippen LogP contribution in [0.1, 0.15) is 40.2 Å². The highest BCUT2D eigenvalue weighted by Gasteiger charge is 2.03. The van der Waals surface area contributed by atoms with Gasteiger partial charge in [-0.05, 0) is 52.3 Å². The molecule has 6 nitrogen and oxygen atoms in total. The number of benzene rings is 1. The fourth-order valence-corrected chi connectivity index (χ4v) is 1.89. The van der Waals surface area contributed by atoms with Crippen molar-refractivity contribution in [2.45, 2.75) is 53.2 Å². The van der Waals surface area contributed by atoms with E-state index < -0.39 is 0 Å². The summed E-state index contributed by atoms with van der Waals surface area (Å²) in [7, 11) is 0. The van der Waals surface area contributed by atoms with Gasteiger partial charge in [0.1, 0.15) is 0 Å². The number of urea groups is 1. The average molecular weight is 319 g/mol. The maximum atomic E-state index is 11.6. The van der Waals surface area contributed by atoms with E-state index in [-0.39, 0.29) is 12.1 Å². The van der Waals surface area contributed by atoms with Crippen molar-refractivity contribution in [1.29, 1.82) is 0 Å². The zero-order valence-corrected chi connectivity index (χ0v) is 14.7. The minimum Gasteiger partial charge on any atom is -0.357 e. The second kappa shape index (κ2) is 9.71. The summed E-state index contributed by atoms with van der Waals surface area (Å²) in [5.41, 5.74) is 1.85. The first-order valence-corrected chi connectivity index (χ1v) is 8.12. The Kier molecular flexibility index (Phi) is 7.94. The van der Waals surface area contributed by atoms with Gasteiger partial charge >= 0.3 is 6.03 Å². The minimum absolute atomic E-state index is 0.113. The second-order valence-electron chi connectivity index (χ2n) is 5.94. The number of nitrogens with zero attached hydrogens (tertiary/aromatic N) is 1. The third kappa shape index (κ3) is 8.09. The van der Waals surface area contributed by atoms with E-state index in [0.717, 1.165) is 23.8 Å². The van der Waals surface area contributed by atoms with E-state index in [1.807, 2.05) is 45.0 Å². The summed E-state index contributed by atoms with van der Waals surface area (Å²) in [5, 5.41) is 12.1. The van der Waals surface area contributed by atoms with Gasteiger partial charge in [-0.3, -0.25) is 0 Å². The van der Waals surface area contributed by atoms with Crippen molar-refractivity contribution in [3.63, 3.8) is 0 Å². The number of carbonyl (C=O) groups is 1. The number of carbonyl (C=O) groups excluding carboxylic acids is 1. The SMILES string of the molecule is CCNC(=NCc1ccc(NC(=O)NC(C)C)cc1)NC(C)C. The van der Waals surface area contributed by atoms with Crippen molar-refractivity contribution in [2.75, 3.05) is 11.9 Å². The zero-order chi connectivity index (χ0) is 17.2. The molecule has 0 heterocycles. The molecule has 128 valence electrons. The molecule has 0 fully saturated rings. The predicted molar refractivity (Wildman–Crippen MR) is 96.8 cm³/mol. The average Bonchev–Trinajstić information content (AvgIpc) is 2.45. The van der Waals surface area contributed by atoms with E-state index in [9.17, 15) is 4.79 Å². The number of anilines is 1. The van der Waals surface area contributed by atoms with Gasteiger partial charge in [-0.25, -0.2) is 9.79 Å². The Hall–Kier alpha value is -2.24. The molecule has 0 unspecified atom stereocenters. The van der Waals surface area contributed by atoms with Crippen LogP contribution in [0.3, 0.4) is 0 Å². The zero-order valence-electron chi connectivity index (χ0n) is 14.7. The van der Waals surface area contributed by atoms with Crippen LogP contribution in [-0.2, 0) is 6.54 Å². The monoisotopic (exact) mass is 319 g/mol. The molecule has 2 amide bonds. The lowest BCUT2D eigenvalue weighted by Crippen LogP contribution is -2.40. The number of hydrogen-bond donors (Lipinski definition) is 4. The molecular weight excluding hydrogens is 290 g/mol. The van der Waals surface area contributed by atoms with Crippen molar-refractivity contribution < 1.29 is 4.79 Å². The van der Waals surface area contributed by atoms with Gasteiger partial charge < -0.3 is 21.3 Å². The van der Waals surface area contributed by atoms with Crippen LogP contribution in [0.25, 0.3) is 0 Å². The van der Waals surface area contributed by atoms with Gasteiger partial charge in [0.25, 0.3) is 0 Å². The molecule has 4 N–H and O–H groups in total. The molecule has 0 aromatic heterocycles. The van der Waals surface area contributed by atoms with Crippen molar-refractivity contribution in [3.05, 3.63) is 29.8 Å². The molecule has 0 aliphatic rings. The van der Waals surface area contributed by atoms with E-state index in [1.54, 1.807) is 0 Å². The van der Waals surface area contributed by atoms with Gasteiger partial charge in [-0.1, -0.05) is 12.1 Å². The fourth-order valence-electron chi connectivity index (χ4n) is 1.89. The van der Waals surface area contributed by atoms with Crippen LogP contribution in [0.4, 0.5) is 10.5 Å². The predicted octanol–water partition coefficient (Wildman–Crippen LogP) is 2.68. The van der Waals surface area contributed by atoms with Gasteiger partial charge in [0.15, 0.2) is 5.96 Å². The van der Waals surface area contributed by atoms with Gasteiger partial charge in [0.2, 0.25) is 0 Å². The normalized spacial score (nSPS) is 11.5. The number of hydrogen-bond acceptors (Lipinski definition) is 2. The van der Waals surface area contributed by atoms with E-state index in [2.05, 4.69) is 40.1 Å². The van der Waals surface area contributed by atoms with E-state index in [4.69, 9.17) is 0 Å². The van der Waals surface area contributed by atoms with E-state index >= 15 is 0 Å². The number of amides is 2. The minimum atomic E-state index is -0.193. The van der Waals surface area contributed by atoms with Crippen molar-refractivity contribution >= 4 is 17.7 Å². The summed E-state index contributed by atoms with van der Waals surface area (Å²) in [6.07, 6.45) is 0. The van der Waals surface area contributed by atoms with Gasteiger partial charge in [-0.15, -0.1) is 0 Å². The van der Waals surface area contributed by atoms with Crippen LogP contribution in [0, 0.1) is 0 Å². The molecule has 0 aliphatic heterocycles. The quantitative estimate of drug-likeness (QED) is 0.481.